The molecule has 0 unspecified atom stereocenters. The molecule has 82 valence electrons. The molecule has 0 atom stereocenters. The lowest BCUT2D eigenvalue weighted by Gasteiger charge is -2.24. The van der Waals surface area contributed by atoms with E-state index in [1.165, 1.54) is 0 Å². The highest BCUT2D eigenvalue weighted by atomic mass is 35.5. The van der Waals surface area contributed by atoms with E-state index in [4.69, 9.17) is 21.1 Å². The van der Waals surface area contributed by atoms with E-state index in [0.29, 0.717) is 18.4 Å². The molecular weight excluding hydrogens is 214 g/mol. The summed E-state index contributed by atoms with van der Waals surface area (Å²) in [5.41, 5.74) is 2.88. The highest BCUT2D eigenvalue weighted by Gasteiger charge is 2.20. The molecule has 1 aliphatic rings. The molecule has 0 radical (unpaired) electrons. The largest absolute Gasteiger partial charge is 0.348 e. The van der Waals surface area contributed by atoms with Crippen LogP contribution < -0.4 is 0 Å². The fourth-order valence-electron chi connectivity index (χ4n) is 1.53. The summed E-state index contributed by atoms with van der Waals surface area (Å²) in [6.45, 7) is 5.38. The lowest BCUT2D eigenvalue weighted by atomic mass is 10.1. The molecule has 0 aromatic carbocycles. The van der Waals surface area contributed by atoms with Gasteiger partial charge in [0.25, 0.3) is 0 Å². The first kappa shape index (κ1) is 10.9. The Kier molecular flexibility index (Phi) is 3.24. The fourth-order valence-corrected chi connectivity index (χ4v) is 1.80. The van der Waals surface area contributed by atoms with Crippen molar-refractivity contribution < 1.29 is 9.47 Å². The summed E-state index contributed by atoms with van der Waals surface area (Å²) in [5, 5.41) is 0.477. The molecule has 2 rings (SSSR count). The van der Waals surface area contributed by atoms with Crippen LogP contribution in [0.25, 0.3) is 0 Å². The molecule has 15 heavy (non-hydrogen) atoms. The summed E-state index contributed by atoms with van der Waals surface area (Å²) >= 11 is 6.06. The van der Waals surface area contributed by atoms with Crippen LogP contribution >= 0.6 is 11.6 Å². The Morgan fingerprint density at radius 2 is 2.00 bits per heavy atom. The van der Waals surface area contributed by atoms with Crippen LogP contribution in [0.4, 0.5) is 0 Å². The van der Waals surface area contributed by atoms with Crippen molar-refractivity contribution in [1.82, 2.24) is 4.98 Å². The Morgan fingerprint density at radius 3 is 2.67 bits per heavy atom. The summed E-state index contributed by atoms with van der Waals surface area (Å²) < 4.78 is 11.0. The number of ether oxygens (including phenoxy) is 2. The van der Waals surface area contributed by atoms with Crippen LogP contribution in [0.15, 0.2) is 6.07 Å². The van der Waals surface area contributed by atoms with Crippen molar-refractivity contribution in [3.05, 3.63) is 28.0 Å². The summed E-state index contributed by atoms with van der Waals surface area (Å²) in [4.78, 5) is 4.25. The van der Waals surface area contributed by atoms with Gasteiger partial charge >= 0.3 is 0 Å². The van der Waals surface area contributed by atoms with E-state index < -0.39 is 0 Å². The number of pyridine rings is 1. The summed E-state index contributed by atoms with van der Waals surface area (Å²) in [5.74, 6) is 0. The van der Waals surface area contributed by atoms with Gasteiger partial charge in [0.1, 0.15) is 5.15 Å². The molecule has 2 heterocycles. The number of rotatable bonds is 1. The third-order valence-corrected chi connectivity index (χ3v) is 2.83. The normalized spacial score (nSPS) is 18.1. The second-order valence-electron chi connectivity index (χ2n) is 3.70. The zero-order valence-electron chi connectivity index (χ0n) is 8.92. The highest BCUT2D eigenvalue weighted by molar-refractivity contribution is 6.30. The Hall–Kier alpha value is -0.640. The number of aromatic nitrogens is 1. The summed E-state index contributed by atoms with van der Waals surface area (Å²) in [7, 11) is 0. The molecular formula is C11H14ClNO2. The third kappa shape index (κ3) is 2.30. The van der Waals surface area contributed by atoms with Gasteiger partial charge in [0.2, 0.25) is 0 Å². The van der Waals surface area contributed by atoms with Crippen molar-refractivity contribution in [2.45, 2.75) is 26.6 Å². The second kappa shape index (κ2) is 4.47. The average Bonchev–Trinajstić information content (AvgIpc) is 2.25. The first-order valence-corrected chi connectivity index (χ1v) is 5.43. The summed E-state index contributed by atoms with van der Waals surface area (Å²) in [6, 6.07) is 1.99. The van der Waals surface area contributed by atoms with Gasteiger partial charge in [-0.2, -0.15) is 0 Å². The van der Waals surface area contributed by atoms with Gasteiger partial charge < -0.3 is 9.47 Å². The third-order valence-electron chi connectivity index (χ3n) is 2.53. The van der Waals surface area contributed by atoms with E-state index in [1.54, 1.807) is 0 Å². The molecule has 0 N–H and O–H groups in total. The van der Waals surface area contributed by atoms with E-state index in [1.807, 2.05) is 19.9 Å². The van der Waals surface area contributed by atoms with E-state index in [0.717, 1.165) is 23.2 Å². The van der Waals surface area contributed by atoms with Crippen LogP contribution in [0.3, 0.4) is 0 Å². The van der Waals surface area contributed by atoms with Crippen LogP contribution in [0, 0.1) is 13.8 Å². The topological polar surface area (TPSA) is 31.4 Å². The zero-order chi connectivity index (χ0) is 10.8. The number of hydrogen-bond donors (Lipinski definition) is 0. The Labute approximate surface area is 94.4 Å². The van der Waals surface area contributed by atoms with Crippen LogP contribution in [-0.2, 0) is 9.47 Å². The predicted molar refractivity (Wildman–Crippen MR) is 58.0 cm³/mol. The smallest absolute Gasteiger partial charge is 0.186 e. The zero-order valence-corrected chi connectivity index (χ0v) is 9.67. The van der Waals surface area contributed by atoms with E-state index in [9.17, 15) is 0 Å². The maximum atomic E-state index is 6.06. The summed E-state index contributed by atoms with van der Waals surface area (Å²) in [6.07, 6.45) is 0.588. The minimum Gasteiger partial charge on any atom is -0.348 e. The van der Waals surface area contributed by atoms with Gasteiger partial charge in [-0.25, -0.2) is 4.98 Å². The SMILES string of the molecule is Cc1cc(C2OCCCO2)c(Cl)nc1C. The molecule has 0 spiro atoms. The van der Waals surface area contributed by atoms with Crippen molar-refractivity contribution in [2.75, 3.05) is 13.2 Å². The van der Waals surface area contributed by atoms with Gasteiger partial charge in [-0.05, 0) is 31.9 Å². The lowest BCUT2D eigenvalue weighted by Crippen LogP contribution is -2.18. The van der Waals surface area contributed by atoms with Crippen molar-refractivity contribution in [3.8, 4) is 0 Å². The Bertz CT molecular complexity index is 362. The van der Waals surface area contributed by atoms with E-state index in [2.05, 4.69) is 4.98 Å². The Balaban J connectivity index is 2.30. The molecule has 1 saturated heterocycles. The molecule has 4 heteroatoms. The van der Waals surface area contributed by atoms with Crippen LogP contribution in [0.5, 0.6) is 0 Å². The van der Waals surface area contributed by atoms with Crippen molar-refractivity contribution in [2.24, 2.45) is 0 Å². The standard InChI is InChI=1S/C11H14ClNO2/c1-7-6-9(10(12)13-8(7)2)11-14-4-3-5-15-11/h6,11H,3-5H2,1-2H3. The number of aryl methyl sites for hydroxylation is 2. The number of halogens is 1. The maximum Gasteiger partial charge on any atom is 0.186 e. The molecule has 0 saturated carbocycles. The molecule has 1 aromatic heterocycles. The monoisotopic (exact) mass is 227 g/mol. The molecule has 1 aliphatic heterocycles. The number of hydrogen-bond acceptors (Lipinski definition) is 3. The van der Waals surface area contributed by atoms with E-state index in [-0.39, 0.29) is 6.29 Å². The van der Waals surface area contributed by atoms with Gasteiger partial charge in [-0.1, -0.05) is 11.6 Å². The molecule has 0 bridgehead atoms. The van der Waals surface area contributed by atoms with Gasteiger partial charge in [0.15, 0.2) is 6.29 Å². The van der Waals surface area contributed by atoms with Gasteiger partial charge in [-0.15, -0.1) is 0 Å². The van der Waals surface area contributed by atoms with Crippen molar-refractivity contribution in [3.63, 3.8) is 0 Å². The van der Waals surface area contributed by atoms with E-state index >= 15 is 0 Å². The van der Waals surface area contributed by atoms with Crippen molar-refractivity contribution in [1.29, 1.82) is 0 Å². The van der Waals surface area contributed by atoms with Crippen LogP contribution in [0.1, 0.15) is 29.5 Å². The molecule has 1 aromatic rings. The Morgan fingerprint density at radius 1 is 1.33 bits per heavy atom. The highest BCUT2D eigenvalue weighted by Crippen LogP contribution is 2.29. The lowest BCUT2D eigenvalue weighted by molar-refractivity contribution is -0.183. The predicted octanol–water partition coefficient (Wildman–Crippen LogP) is 2.79. The fraction of sp³-hybridized carbons (Fsp3) is 0.545. The van der Waals surface area contributed by atoms with Gasteiger partial charge in [-0.3, -0.25) is 0 Å². The van der Waals surface area contributed by atoms with Gasteiger partial charge in [0.05, 0.1) is 13.2 Å². The average molecular weight is 228 g/mol. The van der Waals surface area contributed by atoms with Crippen LogP contribution in [0.2, 0.25) is 5.15 Å². The van der Waals surface area contributed by atoms with Crippen molar-refractivity contribution >= 4 is 11.6 Å². The maximum absolute atomic E-state index is 6.06. The first-order valence-electron chi connectivity index (χ1n) is 5.05. The molecule has 3 nitrogen and oxygen atoms in total. The van der Waals surface area contributed by atoms with Crippen LogP contribution in [-0.4, -0.2) is 18.2 Å². The minimum atomic E-state index is -0.349. The minimum absolute atomic E-state index is 0.349. The molecule has 0 amide bonds. The first-order chi connectivity index (χ1) is 7.18. The quantitative estimate of drug-likeness (QED) is 0.692. The van der Waals surface area contributed by atoms with Gasteiger partial charge in [0, 0.05) is 11.3 Å². The number of nitrogens with zero attached hydrogens (tertiary/aromatic N) is 1. The molecule has 1 fully saturated rings. The second-order valence-corrected chi connectivity index (χ2v) is 4.06. The molecule has 0 aliphatic carbocycles.